The van der Waals surface area contributed by atoms with Gasteiger partial charge in [-0.15, -0.1) is 0 Å². The van der Waals surface area contributed by atoms with Crippen LogP contribution in [-0.4, -0.2) is 8.07 Å². The molecule has 0 saturated heterocycles. The molecule has 0 aliphatic heterocycles. The first-order valence-electron chi connectivity index (χ1n) is 6.99. The van der Waals surface area contributed by atoms with Gasteiger partial charge in [-0.25, -0.2) is 0 Å². The fraction of sp³-hybridized carbons (Fsp3) is 0.222. The zero-order valence-electron chi connectivity index (χ0n) is 12.4. The summed E-state index contributed by atoms with van der Waals surface area (Å²) in [5.74, 6) is 0. The number of allylic oxidation sites excluding steroid dienone is 1. The number of hydrogen-bond acceptors (Lipinski definition) is 0. The number of benzene rings is 2. The summed E-state index contributed by atoms with van der Waals surface area (Å²) in [5, 5.41) is 1.67. The van der Waals surface area contributed by atoms with Crippen LogP contribution in [0.25, 0.3) is 6.08 Å². The van der Waals surface area contributed by atoms with Crippen molar-refractivity contribution < 1.29 is 17.4 Å². The predicted molar refractivity (Wildman–Crippen MR) is 86.9 cm³/mol. The molecule has 2 aromatic carbocycles. The first-order chi connectivity index (χ1) is 9.50. The Hall–Kier alpha value is -1.02. The molecule has 2 heteroatoms. The molecule has 0 amide bonds. The van der Waals surface area contributed by atoms with E-state index in [9.17, 15) is 0 Å². The number of rotatable bonds is 1. The summed E-state index contributed by atoms with van der Waals surface area (Å²) in [6.07, 6.45) is 2.41. The van der Waals surface area contributed by atoms with Crippen LogP contribution in [0.15, 0.2) is 65.9 Å². The second kappa shape index (κ2) is 6.62. The molecule has 0 N–H and O–H groups in total. The van der Waals surface area contributed by atoms with Gasteiger partial charge in [-0.1, -0.05) is 36.4 Å². The Labute approximate surface area is 132 Å². The first-order valence-corrected chi connectivity index (χ1v) is 11.3. The largest absolute Gasteiger partial charge is 0.0623 e. The summed E-state index contributed by atoms with van der Waals surface area (Å²) in [4.78, 5) is 0. The van der Waals surface area contributed by atoms with Gasteiger partial charge in [0.05, 0.1) is 0 Å². The summed E-state index contributed by atoms with van der Waals surface area (Å²) in [5.41, 5.74) is 2.92. The Morgan fingerprint density at radius 1 is 0.800 bits per heavy atom. The minimum absolute atomic E-state index is 0.588. The van der Waals surface area contributed by atoms with Crippen molar-refractivity contribution in [1.29, 1.82) is 0 Å². The van der Waals surface area contributed by atoms with Gasteiger partial charge in [-0.3, -0.25) is 0 Å². The smallest absolute Gasteiger partial charge is 0.0623 e. The van der Waals surface area contributed by atoms with Crippen molar-refractivity contribution in [3.8, 4) is 0 Å². The molecule has 0 saturated carbocycles. The minimum atomic E-state index is -1.14. The van der Waals surface area contributed by atoms with Crippen LogP contribution in [-0.2, 0) is 17.4 Å². The standard InChI is InChI=1S/C12H15Si.C6H6.V/c1-13(2,3)12-8-10-6-4-5-7-11(10)9-12;1-2-4-6-5-3-1;/h4-9H,1-3H3;1-6H;. The Morgan fingerprint density at radius 3 is 1.75 bits per heavy atom. The second-order valence-corrected chi connectivity index (χ2v) is 11.9. The zero-order chi connectivity index (χ0) is 14.6. The summed E-state index contributed by atoms with van der Waals surface area (Å²) in [6.45, 7) is 7.27. The maximum absolute atomic E-state index is 2.83. The molecule has 0 nitrogen and oxygen atoms in total. The van der Waals surface area contributed by atoms with Crippen LogP contribution in [0.2, 0.25) is 19.6 Å². The summed E-state index contributed by atoms with van der Waals surface area (Å²) in [6, 6.07) is 20.7. The van der Waals surface area contributed by atoms with Gasteiger partial charge in [0.15, 0.2) is 0 Å². The average molecular weight is 316 g/mol. The van der Waals surface area contributed by atoms with Crippen LogP contribution in [0.4, 0.5) is 0 Å². The van der Waals surface area contributed by atoms with Gasteiger partial charge in [0.2, 0.25) is 0 Å². The molecule has 0 spiro atoms. The molecule has 0 bridgehead atoms. The second-order valence-electron chi connectivity index (χ2n) is 6.04. The van der Waals surface area contributed by atoms with Crippen molar-refractivity contribution in [1.82, 2.24) is 0 Å². The fourth-order valence-electron chi connectivity index (χ4n) is 2.32. The van der Waals surface area contributed by atoms with E-state index < -0.39 is 8.07 Å². The van der Waals surface area contributed by atoms with E-state index in [1.807, 2.05) is 36.4 Å². The SMILES string of the molecule is C[Si](C)(C)C1=Cc2ccccc2[CH]1[V].c1ccccc1. The Kier molecular flexibility index (Phi) is 5.09. The molecule has 1 unspecified atom stereocenters. The van der Waals surface area contributed by atoms with Gasteiger partial charge < -0.3 is 0 Å². The van der Waals surface area contributed by atoms with Crippen molar-refractivity contribution in [2.75, 3.05) is 0 Å². The Bertz CT molecular complexity index is 555. The van der Waals surface area contributed by atoms with Crippen LogP contribution < -0.4 is 0 Å². The molecule has 1 atom stereocenters. The van der Waals surface area contributed by atoms with Crippen LogP contribution in [0.3, 0.4) is 0 Å². The third kappa shape index (κ3) is 3.76. The van der Waals surface area contributed by atoms with Crippen LogP contribution >= 0.6 is 0 Å². The molecule has 102 valence electrons. The molecule has 1 aliphatic carbocycles. The monoisotopic (exact) mass is 316 g/mol. The van der Waals surface area contributed by atoms with Gasteiger partial charge >= 0.3 is 96.4 Å². The average Bonchev–Trinajstić information content (AvgIpc) is 2.79. The van der Waals surface area contributed by atoms with Crippen LogP contribution in [0, 0.1) is 0 Å². The van der Waals surface area contributed by atoms with Crippen molar-refractivity contribution in [3.63, 3.8) is 0 Å². The molecule has 0 radical (unpaired) electrons. The van der Waals surface area contributed by atoms with Gasteiger partial charge in [0, 0.05) is 0 Å². The molecule has 1 aliphatic rings. The minimum Gasteiger partial charge on any atom is -0.0623 e. The van der Waals surface area contributed by atoms with Gasteiger partial charge in [0.25, 0.3) is 0 Å². The van der Waals surface area contributed by atoms with E-state index in [4.69, 9.17) is 0 Å². The molecule has 20 heavy (non-hydrogen) atoms. The van der Waals surface area contributed by atoms with E-state index in [1.165, 1.54) is 11.1 Å². The van der Waals surface area contributed by atoms with E-state index >= 15 is 0 Å². The fourth-order valence-corrected chi connectivity index (χ4v) is 6.18. The molecule has 3 rings (SSSR count). The van der Waals surface area contributed by atoms with E-state index in [2.05, 4.69) is 67.4 Å². The Balaban J connectivity index is 0.000000205. The van der Waals surface area contributed by atoms with Gasteiger partial charge in [0.1, 0.15) is 0 Å². The predicted octanol–water partition coefficient (Wildman–Crippen LogP) is 5.24. The first kappa shape index (κ1) is 15.4. The van der Waals surface area contributed by atoms with Gasteiger partial charge in [-0.2, -0.15) is 0 Å². The van der Waals surface area contributed by atoms with E-state index in [0.29, 0.717) is 4.63 Å². The number of hydrogen-bond donors (Lipinski definition) is 0. The third-order valence-electron chi connectivity index (χ3n) is 3.43. The van der Waals surface area contributed by atoms with Gasteiger partial charge in [-0.05, 0) is 0 Å². The normalized spacial score (nSPS) is 16.8. The maximum Gasteiger partial charge on any atom is -0.0623 e. The van der Waals surface area contributed by atoms with Crippen LogP contribution in [0.5, 0.6) is 0 Å². The molecular formula is C18H21SiV. The quantitative estimate of drug-likeness (QED) is 0.632. The molecular weight excluding hydrogens is 295 g/mol. The zero-order valence-corrected chi connectivity index (χ0v) is 14.8. The van der Waals surface area contributed by atoms with E-state index in [1.54, 1.807) is 5.20 Å². The Morgan fingerprint density at radius 2 is 1.30 bits per heavy atom. The molecule has 0 fully saturated rings. The summed E-state index contributed by atoms with van der Waals surface area (Å²) >= 11 is 2.83. The molecule has 0 heterocycles. The number of fused-ring (bicyclic) bond motifs is 1. The van der Waals surface area contributed by atoms with E-state index in [0.717, 1.165) is 0 Å². The van der Waals surface area contributed by atoms with Crippen molar-refractivity contribution >= 4 is 14.1 Å². The van der Waals surface area contributed by atoms with Crippen molar-refractivity contribution in [2.24, 2.45) is 0 Å². The topological polar surface area (TPSA) is 0 Å². The molecule has 0 aromatic heterocycles. The third-order valence-corrected chi connectivity index (χ3v) is 6.85. The summed E-state index contributed by atoms with van der Waals surface area (Å²) in [7, 11) is -1.14. The van der Waals surface area contributed by atoms with Crippen molar-refractivity contribution in [2.45, 2.75) is 24.3 Å². The van der Waals surface area contributed by atoms with E-state index in [-0.39, 0.29) is 0 Å². The van der Waals surface area contributed by atoms with Crippen molar-refractivity contribution in [3.05, 3.63) is 77.0 Å². The summed E-state index contributed by atoms with van der Waals surface area (Å²) < 4.78 is 0.588. The maximum atomic E-state index is 2.83. The van der Waals surface area contributed by atoms with Crippen LogP contribution in [0.1, 0.15) is 15.8 Å². The molecule has 2 aromatic rings.